The number of rotatable bonds is 4. The minimum Gasteiger partial charge on any atom is -0.322 e. The summed E-state index contributed by atoms with van der Waals surface area (Å²) in [6.45, 7) is 0.565. The van der Waals surface area contributed by atoms with Crippen molar-refractivity contribution in [2.24, 2.45) is 10.9 Å². The molecule has 24 heavy (non-hydrogen) atoms. The Morgan fingerprint density at radius 1 is 0.833 bits per heavy atom. The molecule has 0 radical (unpaired) electrons. The minimum absolute atomic E-state index is 0.0158. The Kier molecular flexibility index (Phi) is 4.56. The lowest BCUT2D eigenvalue weighted by Crippen LogP contribution is -2.54. The SMILES string of the molecule is NN=C1CC(=O)N(Cc2ccccc2)C(=O)N1Cc1ccccc1. The second-order valence-corrected chi connectivity index (χ2v) is 5.54. The van der Waals surface area contributed by atoms with Gasteiger partial charge in [0, 0.05) is 0 Å². The summed E-state index contributed by atoms with van der Waals surface area (Å²) in [5.41, 5.74) is 1.84. The molecule has 0 aromatic heterocycles. The molecule has 6 heteroatoms. The highest BCUT2D eigenvalue weighted by Crippen LogP contribution is 2.19. The lowest BCUT2D eigenvalue weighted by atomic mass is 10.1. The van der Waals surface area contributed by atoms with Crippen LogP contribution in [0.4, 0.5) is 4.79 Å². The van der Waals surface area contributed by atoms with Gasteiger partial charge in [-0.1, -0.05) is 60.7 Å². The predicted molar refractivity (Wildman–Crippen MR) is 90.6 cm³/mol. The van der Waals surface area contributed by atoms with E-state index in [1.807, 2.05) is 60.7 Å². The maximum absolute atomic E-state index is 12.8. The fourth-order valence-electron chi connectivity index (χ4n) is 2.65. The average molecular weight is 322 g/mol. The van der Waals surface area contributed by atoms with Gasteiger partial charge in [0.05, 0.1) is 19.5 Å². The molecule has 2 aromatic rings. The zero-order valence-corrected chi connectivity index (χ0v) is 13.1. The summed E-state index contributed by atoms with van der Waals surface area (Å²) in [6, 6.07) is 18.6. The van der Waals surface area contributed by atoms with E-state index in [2.05, 4.69) is 5.10 Å². The number of amidine groups is 1. The van der Waals surface area contributed by atoms with Gasteiger partial charge in [-0.3, -0.25) is 14.6 Å². The van der Waals surface area contributed by atoms with Gasteiger partial charge in [-0.15, -0.1) is 0 Å². The highest BCUT2D eigenvalue weighted by Gasteiger charge is 2.36. The van der Waals surface area contributed by atoms with Crippen molar-refractivity contribution in [1.29, 1.82) is 0 Å². The molecule has 1 fully saturated rings. The van der Waals surface area contributed by atoms with Crippen molar-refractivity contribution in [1.82, 2.24) is 9.80 Å². The van der Waals surface area contributed by atoms with Crippen LogP contribution in [0, 0.1) is 0 Å². The molecule has 3 amide bonds. The number of hydrazone groups is 1. The first-order chi connectivity index (χ1) is 11.7. The van der Waals surface area contributed by atoms with Crippen LogP contribution in [0.3, 0.4) is 0 Å². The molecule has 0 unspecified atom stereocenters. The third-order valence-electron chi connectivity index (χ3n) is 3.90. The van der Waals surface area contributed by atoms with E-state index in [9.17, 15) is 9.59 Å². The van der Waals surface area contributed by atoms with E-state index >= 15 is 0 Å². The minimum atomic E-state index is -0.400. The van der Waals surface area contributed by atoms with Gasteiger partial charge in [0.25, 0.3) is 0 Å². The number of nitrogens with zero attached hydrogens (tertiary/aromatic N) is 3. The molecule has 3 rings (SSSR count). The summed E-state index contributed by atoms with van der Waals surface area (Å²) < 4.78 is 0. The van der Waals surface area contributed by atoms with Crippen molar-refractivity contribution >= 4 is 17.8 Å². The highest BCUT2D eigenvalue weighted by molar-refractivity contribution is 6.15. The van der Waals surface area contributed by atoms with E-state index in [-0.39, 0.29) is 24.7 Å². The van der Waals surface area contributed by atoms with Gasteiger partial charge in [0.15, 0.2) is 0 Å². The second-order valence-electron chi connectivity index (χ2n) is 5.54. The Balaban J connectivity index is 1.84. The molecule has 0 aliphatic carbocycles. The zero-order valence-electron chi connectivity index (χ0n) is 13.1. The number of carbonyl (C=O) groups is 2. The number of amides is 3. The molecule has 1 aliphatic rings. The topological polar surface area (TPSA) is 79.0 Å². The lowest BCUT2D eigenvalue weighted by Gasteiger charge is -2.34. The Morgan fingerprint density at radius 3 is 1.83 bits per heavy atom. The van der Waals surface area contributed by atoms with Crippen LogP contribution < -0.4 is 5.84 Å². The number of hydrogen-bond acceptors (Lipinski definition) is 4. The van der Waals surface area contributed by atoms with E-state index in [1.54, 1.807) is 0 Å². The molecule has 6 nitrogen and oxygen atoms in total. The van der Waals surface area contributed by atoms with Crippen LogP contribution in [0.1, 0.15) is 17.5 Å². The Hall–Kier alpha value is -3.15. The Morgan fingerprint density at radius 2 is 1.33 bits per heavy atom. The van der Waals surface area contributed by atoms with Gasteiger partial charge in [0.1, 0.15) is 5.84 Å². The number of hydrogen-bond donors (Lipinski definition) is 1. The average Bonchev–Trinajstić information content (AvgIpc) is 2.62. The van der Waals surface area contributed by atoms with Crippen molar-refractivity contribution < 1.29 is 9.59 Å². The van der Waals surface area contributed by atoms with Crippen LogP contribution in [0.2, 0.25) is 0 Å². The van der Waals surface area contributed by atoms with E-state index in [0.29, 0.717) is 6.54 Å². The zero-order chi connectivity index (χ0) is 16.9. The van der Waals surface area contributed by atoms with E-state index in [0.717, 1.165) is 11.1 Å². The largest absolute Gasteiger partial charge is 0.332 e. The maximum atomic E-state index is 12.8. The molecule has 0 saturated carbocycles. The van der Waals surface area contributed by atoms with Crippen LogP contribution in [-0.4, -0.2) is 27.6 Å². The smallest absolute Gasteiger partial charge is 0.322 e. The van der Waals surface area contributed by atoms with Crippen LogP contribution in [0.5, 0.6) is 0 Å². The van der Waals surface area contributed by atoms with Crippen LogP contribution >= 0.6 is 0 Å². The first kappa shape index (κ1) is 15.7. The number of benzene rings is 2. The summed E-state index contributed by atoms with van der Waals surface area (Å²) in [5, 5.41) is 3.64. The van der Waals surface area contributed by atoms with Crippen molar-refractivity contribution in [3.8, 4) is 0 Å². The quantitative estimate of drug-likeness (QED) is 0.693. The Bertz CT molecular complexity index is 759. The summed E-state index contributed by atoms with van der Waals surface area (Å²) in [7, 11) is 0. The molecule has 1 saturated heterocycles. The van der Waals surface area contributed by atoms with Gasteiger partial charge >= 0.3 is 6.03 Å². The first-order valence-electron chi connectivity index (χ1n) is 7.65. The molecular weight excluding hydrogens is 304 g/mol. The number of imide groups is 1. The normalized spacial score (nSPS) is 16.8. The van der Waals surface area contributed by atoms with Gasteiger partial charge in [-0.05, 0) is 11.1 Å². The fourth-order valence-corrected chi connectivity index (χ4v) is 2.65. The molecule has 1 aliphatic heterocycles. The third kappa shape index (κ3) is 3.27. The van der Waals surface area contributed by atoms with Crippen LogP contribution in [0.15, 0.2) is 65.8 Å². The van der Waals surface area contributed by atoms with Crippen molar-refractivity contribution in [2.75, 3.05) is 0 Å². The molecule has 0 bridgehead atoms. The molecule has 1 heterocycles. The molecule has 0 spiro atoms. The van der Waals surface area contributed by atoms with Crippen LogP contribution in [0.25, 0.3) is 0 Å². The first-order valence-corrected chi connectivity index (χ1v) is 7.65. The van der Waals surface area contributed by atoms with Crippen LogP contribution in [-0.2, 0) is 17.9 Å². The lowest BCUT2D eigenvalue weighted by molar-refractivity contribution is -0.128. The monoisotopic (exact) mass is 322 g/mol. The third-order valence-corrected chi connectivity index (χ3v) is 3.90. The molecule has 0 atom stereocenters. The molecular formula is C18H18N4O2. The highest BCUT2D eigenvalue weighted by atomic mass is 16.2. The van der Waals surface area contributed by atoms with Crippen molar-refractivity contribution in [3.63, 3.8) is 0 Å². The molecule has 2 aromatic carbocycles. The standard InChI is InChI=1S/C18H18N4O2/c19-20-16-11-17(23)22(13-15-9-5-2-6-10-15)18(24)21(16)12-14-7-3-1-4-8-14/h1-10H,11-13,19H2. The van der Waals surface area contributed by atoms with Gasteiger partial charge in [-0.2, -0.15) is 5.10 Å². The summed E-state index contributed by atoms with van der Waals surface area (Å²) >= 11 is 0. The van der Waals surface area contributed by atoms with E-state index in [4.69, 9.17) is 5.84 Å². The summed E-state index contributed by atoms with van der Waals surface area (Å²) in [4.78, 5) is 27.8. The second kappa shape index (κ2) is 6.95. The molecule has 2 N–H and O–H groups in total. The number of carbonyl (C=O) groups excluding carboxylic acids is 2. The van der Waals surface area contributed by atoms with Crippen molar-refractivity contribution in [2.45, 2.75) is 19.5 Å². The van der Waals surface area contributed by atoms with Gasteiger partial charge in [-0.25, -0.2) is 4.79 Å². The van der Waals surface area contributed by atoms with E-state index < -0.39 is 6.03 Å². The molecule has 122 valence electrons. The van der Waals surface area contributed by atoms with Gasteiger partial charge in [0.2, 0.25) is 5.91 Å². The Labute approximate surface area is 140 Å². The number of urea groups is 1. The fraction of sp³-hybridized carbons (Fsp3) is 0.167. The predicted octanol–water partition coefficient (Wildman–Crippen LogP) is 2.31. The van der Waals surface area contributed by atoms with Gasteiger partial charge < -0.3 is 5.84 Å². The summed E-state index contributed by atoms with van der Waals surface area (Å²) in [5.74, 6) is 5.39. The maximum Gasteiger partial charge on any atom is 0.332 e. The number of nitrogens with two attached hydrogens (primary N) is 1. The summed E-state index contributed by atoms with van der Waals surface area (Å²) in [6.07, 6.45) is 0.0158. The van der Waals surface area contributed by atoms with Crippen molar-refractivity contribution in [3.05, 3.63) is 71.8 Å². The van der Waals surface area contributed by atoms with E-state index in [1.165, 1.54) is 9.80 Å².